The van der Waals surface area contributed by atoms with Crippen molar-refractivity contribution in [1.29, 1.82) is 0 Å². The fraction of sp³-hybridized carbons (Fsp3) is 0.250. The molecule has 6 nitrogen and oxygen atoms in total. The third kappa shape index (κ3) is 4.57. The van der Waals surface area contributed by atoms with Crippen LogP contribution in [0.2, 0.25) is 0 Å². The largest absolute Gasteiger partial charge is 0.334 e. The molecule has 0 atom stereocenters. The van der Waals surface area contributed by atoms with Crippen molar-refractivity contribution < 1.29 is 4.79 Å². The molecule has 0 aliphatic carbocycles. The van der Waals surface area contributed by atoms with E-state index >= 15 is 0 Å². The van der Waals surface area contributed by atoms with E-state index in [1.54, 1.807) is 6.08 Å². The van der Waals surface area contributed by atoms with Crippen LogP contribution in [0.1, 0.15) is 40.3 Å². The van der Waals surface area contributed by atoms with Gasteiger partial charge < -0.3 is 9.88 Å². The summed E-state index contributed by atoms with van der Waals surface area (Å²) in [7, 11) is 0. The van der Waals surface area contributed by atoms with Gasteiger partial charge in [0.1, 0.15) is 5.82 Å². The molecular formula is C28H29N5O. The first-order valence-electron chi connectivity index (χ1n) is 11.7. The molecule has 0 unspecified atom stereocenters. The first kappa shape index (κ1) is 21.9. The lowest BCUT2D eigenvalue weighted by molar-refractivity contribution is -0.111. The Morgan fingerprint density at radius 2 is 1.82 bits per heavy atom. The normalized spacial score (nSPS) is 12.9. The van der Waals surface area contributed by atoms with Crippen LogP contribution in [0.5, 0.6) is 0 Å². The summed E-state index contributed by atoms with van der Waals surface area (Å²) in [5, 5.41) is 7.61. The number of rotatable bonds is 6. The second kappa shape index (κ2) is 9.14. The van der Waals surface area contributed by atoms with E-state index in [-0.39, 0.29) is 5.91 Å². The zero-order valence-corrected chi connectivity index (χ0v) is 19.9. The number of carbonyl (C=O) groups excluding carboxylic acids is 1. The van der Waals surface area contributed by atoms with E-state index in [2.05, 4.69) is 52.4 Å². The van der Waals surface area contributed by atoms with Gasteiger partial charge in [-0.1, -0.05) is 42.0 Å². The minimum atomic E-state index is -0.168. The van der Waals surface area contributed by atoms with Crippen molar-refractivity contribution in [3.63, 3.8) is 0 Å². The number of amides is 1. The number of nitrogens with one attached hydrogen (secondary N) is 1. The average Bonchev–Trinajstić information content (AvgIpc) is 3.49. The van der Waals surface area contributed by atoms with E-state index in [9.17, 15) is 4.79 Å². The topological polar surface area (TPSA) is 64.7 Å². The highest BCUT2D eigenvalue weighted by atomic mass is 16.1. The van der Waals surface area contributed by atoms with Gasteiger partial charge in [0.05, 0.1) is 17.9 Å². The minimum Gasteiger partial charge on any atom is -0.334 e. The van der Waals surface area contributed by atoms with Gasteiger partial charge in [0.2, 0.25) is 5.91 Å². The van der Waals surface area contributed by atoms with Crippen LogP contribution in [-0.4, -0.2) is 25.2 Å². The Kier molecular flexibility index (Phi) is 5.88. The number of aromatic nitrogens is 4. The Balaban J connectivity index is 1.23. The molecule has 2 aromatic heterocycles. The minimum absolute atomic E-state index is 0.168. The van der Waals surface area contributed by atoms with Crippen molar-refractivity contribution in [3.05, 3.63) is 94.7 Å². The Hall–Kier alpha value is -3.93. The lowest BCUT2D eigenvalue weighted by Crippen LogP contribution is -2.07. The highest BCUT2D eigenvalue weighted by Gasteiger charge is 2.14. The SMILES string of the molecule is Cc1ccc(Cn2nc(C)c(C=CC(=O)Nc3ccc(-c4cn5c(n4)CCC5)cc3)c2C)cc1. The maximum absolute atomic E-state index is 12.5. The van der Waals surface area contributed by atoms with Crippen LogP contribution < -0.4 is 5.32 Å². The van der Waals surface area contributed by atoms with Gasteiger partial charge in [0, 0.05) is 47.7 Å². The third-order valence-electron chi connectivity index (χ3n) is 6.40. The fourth-order valence-electron chi connectivity index (χ4n) is 4.43. The van der Waals surface area contributed by atoms with Crippen LogP contribution in [0.4, 0.5) is 5.69 Å². The lowest BCUT2D eigenvalue weighted by atomic mass is 10.1. The van der Waals surface area contributed by atoms with Crippen molar-refractivity contribution in [2.24, 2.45) is 0 Å². The molecule has 6 heteroatoms. The monoisotopic (exact) mass is 451 g/mol. The smallest absolute Gasteiger partial charge is 0.248 e. The zero-order valence-electron chi connectivity index (χ0n) is 19.9. The summed E-state index contributed by atoms with van der Waals surface area (Å²) >= 11 is 0. The molecule has 0 fully saturated rings. The number of anilines is 1. The van der Waals surface area contributed by atoms with Crippen molar-refractivity contribution in [2.45, 2.75) is 46.7 Å². The van der Waals surface area contributed by atoms with Crippen LogP contribution in [0.25, 0.3) is 17.3 Å². The molecule has 34 heavy (non-hydrogen) atoms. The number of imidazole rings is 1. The molecule has 1 aliphatic heterocycles. The second-order valence-corrected chi connectivity index (χ2v) is 8.97. The van der Waals surface area contributed by atoms with Crippen LogP contribution in [0.3, 0.4) is 0 Å². The van der Waals surface area contributed by atoms with E-state index in [1.165, 1.54) is 17.5 Å². The first-order chi connectivity index (χ1) is 16.5. The number of benzene rings is 2. The van der Waals surface area contributed by atoms with Crippen molar-refractivity contribution >= 4 is 17.7 Å². The van der Waals surface area contributed by atoms with Gasteiger partial charge in [0.25, 0.3) is 0 Å². The third-order valence-corrected chi connectivity index (χ3v) is 6.40. The highest BCUT2D eigenvalue weighted by molar-refractivity contribution is 6.02. The van der Waals surface area contributed by atoms with Crippen molar-refractivity contribution in [3.8, 4) is 11.3 Å². The Bertz CT molecular complexity index is 1340. The van der Waals surface area contributed by atoms with Gasteiger partial charge in [-0.05, 0) is 51.0 Å². The van der Waals surface area contributed by atoms with Crippen LogP contribution in [0, 0.1) is 20.8 Å². The molecule has 1 N–H and O–H groups in total. The summed E-state index contributed by atoms with van der Waals surface area (Å²) in [4.78, 5) is 17.3. The van der Waals surface area contributed by atoms with Crippen LogP contribution in [-0.2, 0) is 24.3 Å². The van der Waals surface area contributed by atoms with Gasteiger partial charge >= 0.3 is 0 Å². The van der Waals surface area contributed by atoms with Crippen LogP contribution in [0.15, 0.2) is 60.8 Å². The van der Waals surface area contributed by atoms with E-state index in [4.69, 9.17) is 4.98 Å². The Morgan fingerprint density at radius 1 is 1.06 bits per heavy atom. The maximum atomic E-state index is 12.5. The van der Waals surface area contributed by atoms with Gasteiger partial charge in [-0.15, -0.1) is 0 Å². The molecule has 172 valence electrons. The van der Waals surface area contributed by atoms with Crippen LogP contribution >= 0.6 is 0 Å². The summed E-state index contributed by atoms with van der Waals surface area (Å²) in [6, 6.07) is 16.3. The Morgan fingerprint density at radius 3 is 2.56 bits per heavy atom. The molecule has 2 aromatic carbocycles. The number of hydrogen-bond donors (Lipinski definition) is 1. The number of carbonyl (C=O) groups is 1. The highest BCUT2D eigenvalue weighted by Crippen LogP contribution is 2.24. The molecule has 3 heterocycles. The number of hydrogen-bond acceptors (Lipinski definition) is 3. The molecule has 0 spiro atoms. The average molecular weight is 452 g/mol. The lowest BCUT2D eigenvalue weighted by Gasteiger charge is -2.05. The molecule has 1 aliphatic rings. The molecule has 4 aromatic rings. The van der Waals surface area contributed by atoms with E-state index in [0.29, 0.717) is 6.54 Å². The number of fused-ring (bicyclic) bond motifs is 1. The molecule has 0 bridgehead atoms. The van der Waals surface area contributed by atoms with Gasteiger partial charge in [0.15, 0.2) is 0 Å². The van der Waals surface area contributed by atoms with E-state index in [1.807, 2.05) is 48.9 Å². The summed E-state index contributed by atoms with van der Waals surface area (Å²) in [5.41, 5.74) is 8.17. The summed E-state index contributed by atoms with van der Waals surface area (Å²) in [6.45, 7) is 7.85. The number of aryl methyl sites for hydroxylation is 4. The summed E-state index contributed by atoms with van der Waals surface area (Å²) < 4.78 is 4.21. The van der Waals surface area contributed by atoms with E-state index in [0.717, 1.165) is 52.7 Å². The van der Waals surface area contributed by atoms with Crippen molar-refractivity contribution in [1.82, 2.24) is 19.3 Å². The molecular weight excluding hydrogens is 422 g/mol. The molecule has 1 amide bonds. The zero-order chi connectivity index (χ0) is 23.7. The van der Waals surface area contributed by atoms with E-state index < -0.39 is 0 Å². The van der Waals surface area contributed by atoms with Gasteiger partial charge in [-0.2, -0.15) is 5.10 Å². The molecule has 0 saturated heterocycles. The molecule has 0 radical (unpaired) electrons. The quantitative estimate of drug-likeness (QED) is 0.404. The Labute approximate surface area is 200 Å². The van der Waals surface area contributed by atoms with Gasteiger partial charge in [-0.3, -0.25) is 9.48 Å². The van der Waals surface area contributed by atoms with Crippen molar-refractivity contribution in [2.75, 3.05) is 5.32 Å². The predicted octanol–water partition coefficient (Wildman–Crippen LogP) is 5.32. The second-order valence-electron chi connectivity index (χ2n) is 8.97. The first-order valence-corrected chi connectivity index (χ1v) is 11.7. The standard InChI is InChI=1S/C28H29N5O/c1-19-6-8-22(9-7-19)17-33-21(3)25(20(2)31-33)14-15-28(34)29-24-12-10-23(11-13-24)26-18-32-16-4-5-27(32)30-26/h6-15,18H,4-5,16-17H2,1-3H3,(H,29,34). The predicted molar refractivity (Wildman–Crippen MR) is 136 cm³/mol. The summed E-state index contributed by atoms with van der Waals surface area (Å²) in [5.74, 6) is 0.990. The summed E-state index contributed by atoms with van der Waals surface area (Å²) in [6.07, 6.45) is 7.75. The maximum Gasteiger partial charge on any atom is 0.248 e. The number of nitrogens with zero attached hydrogens (tertiary/aromatic N) is 4. The molecule has 5 rings (SSSR count). The fourth-order valence-corrected chi connectivity index (χ4v) is 4.43. The van der Waals surface area contributed by atoms with Gasteiger partial charge in [-0.25, -0.2) is 4.98 Å². The molecule has 0 saturated carbocycles.